The van der Waals surface area contributed by atoms with Crippen LogP contribution in [0.3, 0.4) is 0 Å². The predicted octanol–water partition coefficient (Wildman–Crippen LogP) is 3.08. The Bertz CT molecular complexity index is 924. The molecule has 2 amide bonds. The van der Waals surface area contributed by atoms with Gasteiger partial charge < -0.3 is 10.1 Å². The van der Waals surface area contributed by atoms with Gasteiger partial charge in [0.25, 0.3) is 0 Å². The van der Waals surface area contributed by atoms with Crippen molar-refractivity contribution in [1.82, 2.24) is 5.01 Å². The number of fused-ring (bicyclic) bond motifs is 2. The molecule has 1 N–H and O–H groups in total. The Kier molecular flexibility index (Phi) is 6.26. The summed E-state index contributed by atoms with van der Waals surface area (Å²) in [6.07, 6.45) is 3.95. The van der Waals surface area contributed by atoms with Gasteiger partial charge in [0.1, 0.15) is 5.00 Å². The Morgan fingerprint density at radius 2 is 2.14 bits per heavy atom. The van der Waals surface area contributed by atoms with Crippen molar-refractivity contribution in [2.75, 3.05) is 24.2 Å². The summed E-state index contributed by atoms with van der Waals surface area (Å²) in [5.41, 5.74) is 1.53. The number of hydrogen-bond acceptors (Lipinski definition) is 9. The number of thioether (sulfide) groups is 2. The SMILES string of the molecule is CCOC(=O)c1c(NC(=O)CSC2=NN3CCCC(=O)N=C3S2)sc2c1CCC2. The van der Waals surface area contributed by atoms with Crippen LogP contribution < -0.4 is 5.32 Å². The van der Waals surface area contributed by atoms with Gasteiger partial charge in [-0.2, -0.15) is 10.1 Å². The molecule has 154 valence electrons. The normalized spacial score (nSPS) is 18.0. The average molecular weight is 453 g/mol. The maximum Gasteiger partial charge on any atom is 0.341 e. The number of hydrazone groups is 1. The first-order valence-electron chi connectivity index (χ1n) is 9.45. The Morgan fingerprint density at radius 1 is 1.28 bits per heavy atom. The zero-order chi connectivity index (χ0) is 20.4. The van der Waals surface area contributed by atoms with Gasteiger partial charge >= 0.3 is 5.97 Å². The highest BCUT2D eigenvalue weighted by Crippen LogP contribution is 2.39. The molecule has 11 heteroatoms. The molecule has 4 rings (SSSR count). The zero-order valence-electron chi connectivity index (χ0n) is 15.9. The molecule has 0 atom stereocenters. The van der Waals surface area contributed by atoms with Gasteiger partial charge in [-0.3, -0.25) is 9.59 Å². The molecular weight excluding hydrogens is 432 g/mol. The number of ether oxygens (including phenoxy) is 1. The fourth-order valence-electron chi connectivity index (χ4n) is 3.32. The first-order valence-corrected chi connectivity index (χ1v) is 12.1. The topological polar surface area (TPSA) is 100 Å². The summed E-state index contributed by atoms with van der Waals surface area (Å²) in [6.45, 7) is 2.72. The highest BCUT2D eigenvalue weighted by molar-refractivity contribution is 8.45. The number of hydrogen-bond donors (Lipinski definition) is 1. The van der Waals surface area contributed by atoms with Crippen LogP contribution in [0.2, 0.25) is 0 Å². The van der Waals surface area contributed by atoms with Gasteiger partial charge in [-0.05, 0) is 49.9 Å². The van der Waals surface area contributed by atoms with E-state index in [4.69, 9.17) is 4.74 Å². The summed E-state index contributed by atoms with van der Waals surface area (Å²) >= 11 is 4.07. The third-order valence-corrected chi connectivity index (χ3v) is 7.85. The first kappa shape index (κ1) is 20.4. The molecule has 0 fully saturated rings. The van der Waals surface area contributed by atoms with Gasteiger partial charge in [0.2, 0.25) is 11.8 Å². The summed E-state index contributed by atoms with van der Waals surface area (Å²) in [5, 5.41) is 10.2. The number of nitrogens with zero attached hydrogens (tertiary/aromatic N) is 3. The van der Waals surface area contributed by atoms with Gasteiger partial charge in [0.05, 0.1) is 17.9 Å². The van der Waals surface area contributed by atoms with Crippen LogP contribution in [0.5, 0.6) is 0 Å². The smallest absolute Gasteiger partial charge is 0.341 e. The Hall–Kier alpha value is -1.85. The van der Waals surface area contributed by atoms with Crippen molar-refractivity contribution >= 4 is 67.2 Å². The van der Waals surface area contributed by atoms with Crippen LogP contribution in [-0.4, -0.2) is 51.2 Å². The predicted molar refractivity (Wildman–Crippen MR) is 117 cm³/mol. The van der Waals surface area contributed by atoms with Crippen LogP contribution in [0.15, 0.2) is 10.1 Å². The van der Waals surface area contributed by atoms with E-state index < -0.39 is 0 Å². The summed E-state index contributed by atoms with van der Waals surface area (Å²) in [7, 11) is 0. The summed E-state index contributed by atoms with van der Waals surface area (Å²) < 4.78 is 5.88. The Balaban J connectivity index is 1.39. The van der Waals surface area contributed by atoms with E-state index in [9.17, 15) is 14.4 Å². The molecule has 1 aromatic heterocycles. The van der Waals surface area contributed by atoms with E-state index in [1.54, 1.807) is 11.9 Å². The maximum absolute atomic E-state index is 12.5. The number of amides is 2. The van der Waals surface area contributed by atoms with Crippen LogP contribution in [-0.2, 0) is 27.2 Å². The van der Waals surface area contributed by atoms with Crippen molar-refractivity contribution in [3.8, 4) is 0 Å². The van der Waals surface area contributed by atoms with Crippen molar-refractivity contribution < 1.29 is 19.1 Å². The molecule has 0 radical (unpaired) electrons. The monoisotopic (exact) mass is 452 g/mol. The molecular formula is C18H20N4O4S3. The highest BCUT2D eigenvalue weighted by atomic mass is 32.2. The molecule has 0 spiro atoms. The molecule has 1 aliphatic carbocycles. The lowest BCUT2D eigenvalue weighted by Crippen LogP contribution is -2.18. The molecule has 3 aliphatic rings. The van der Waals surface area contributed by atoms with Crippen molar-refractivity contribution in [3.05, 3.63) is 16.0 Å². The van der Waals surface area contributed by atoms with Gasteiger partial charge in [-0.25, -0.2) is 9.80 Å². The second-order valence-electron chi connectivity index (χ2n) is 6.60. The molecule has 0 aromatic carbocycles. The minimum atomic E-state index is -0.374. The van der Waals surface area contributed by atoms with Crippen LogP contribution in [0, 0.1) is 0 Å². The fraction of sp³-hybridized carbons (Fsp3) is 0.500. The lowest BCUT2D eigenvalue weighted by atomic mass is 10.1. The molecule has 8 nitrogen and oxygen atoms in total. The lowest BCUT2D eigenvalue weighted by molar-refractivity contribution is -0.117. The summed E-state index contributed by atoms with van der Waals surface area (Å²) in [4.78, 5) is 41.7. The molecule has 0 unspecified atom stereocenters. The summed E-state index contributed by atoms with van der Waals surface area (Å²) in [6, 6.07) is 0. The van der Waals surface area contributed by atoms with Crippen molar-refractivity contribution in [1.29, 1.82) is 0 Å². The van der Waals surface area contributed by atoms with Gasteiger partial charge in [-0.15, -0.1) is 11.3 Å². The first-order chi connectivity index (χ1) is 14.0. The number of anilines is 1. The minimum Gasteiger partial charge on any atom is -0.462 e. The van der Waals surface area contributed by atoms with E-state index in [2.05, 4.69) is 15.4 Å². The molecule has 1 aromatic rings. The van der Waals surface area contributed by atoms with E-state index in [1.165, 1.54) is 34.9 Å². The molecule has 0 saturated heterocycles. The van der Waals surface area contributed by atoms with E-state index in [1.807, 2.05) is 0 Å². The van der Waals surface area contributed by atoms with E-state index in [0.717, 1.165) is 29.7 Å². The molecule has 0 bridgehead atoms. The number of thiophene rings is 1. The van der Waals surface area contributed by atoms with Crippen molar-refractivity contribution in [3.63, 3.8) is 0 Å². The quantitative estimate of drug-likeness (QED) is 0.685. The molecule has 29 heavy (non-hydrogen) atoms. The molecule has 2 aliphatic heterocycles. The van der Waals surface area contributed by atoms with Crippen molar-refractivity contribution in [2.45, 2.75) is 39.0 Å². The van der Waals surface area contributed by atoms with Crippen LogP contribution in [0.4, 0.5) is 5.00 Å². The fourth-order valence-corrected chi connectivity index (χ4v) is 6.41. The minimum absolute atomic E-state index is 0.133. The van der Waals surface area contributed by atoms with Crippen molar-refractivity contribution in [2.24, 2.45) is 10.1 Å². The Morgan fingerprint density at radius 3 is 2.97 bits per heavy atom. The van der Waals surface area contributed by atoms with Gasteiger partial charge in [-0.1, -0.05) is 11.8 Å². The number of carbonyl (C=O) groups excluding carboxylic acids is 3. The van der Waals surface area contributed by atoms with Crippen LogP contribution in [0.25, 0.3) is 0 Å². The van der Waals surface area contributed by atoms with E-state index in [-0.39, 0.29) is 23.5 Å². The second-order valence-corrected chi connectivity index (χ2v) is 9.89. The molecule has 0 saturated carbocycles. The maximum atomic E-state index is 12.5. The van der Waals surface area contributed by atoms with Gasteiger partial charge in [0, 0.05) is 17.8 Å². The number of nitrogens with one attached hydrogen (secondary N) is 1. The van der Waals surface area contributed by atoms with E-state index in [0.29, 0.717) is 46.1 Å². The number of carbonyl (C=O) groups is 3. The number of aryl methyl sites for hydroxylation is 1. The Labute approximate surface area is 180 Å². The lowest BCUT2D eigenvalue weighted by Gasteiger charge is -2.08. The number of esters is 1. The standard InChI is InChI=1S/C18H20N4O4S3/c1-2-26-16(25)14-10-5-3-6-11(10)28-15(14)19-13(24)9-27-18-21-22-8-4-7-12(23)20-17(22)29-18/h2-9H2,1H3,(H,19,24). The van der Waals surface area contributed by atoms with E-state index >= 15 is 0 Å². The molecule has 3 heterocycles. The van der Waals surface area contributed by atoms with Gasteiger partial charge in [0.15, 0.2) is 9.54 Å². The zero-order valence-corrected chi connectivity index (χ0v) is 18.3. The number of rotatable bonds is 5. The van der Waals surface area contributed by atoms with Crippen LogP contribution >= 0.6 is 34.9 Å². The summed E-state index contributed by atoms with van der Waals surface area (Å²) in [5.74, 6) is -0.553. The third-order valence-electron chi connectivity index (χ3n) is 4.56. The number of aliphatic imine (C=N–C) groups is 1. The largest absolute Gasteiger partial charge is 0.462 e. The average Bonchev–Trinajstić information content (AvgIpc) is 3.32. The number of amidine groups is 1. The highest BCUT2D eigenvalue weighted by Gasteiger charge is 2.29. The second kappa shape index (κ2) is 8.88. The van der Waals surface area contributed by atoms with Crippen LogP contribution in [0.1, 0.15) is 47.0 Å². The third kappa shape index (κ3) is 4.51.